The number of hydrogen-bond donors (Lipinski definition) is 1. The van der Waals surface area contributed by atoms with Crippen LogP contribution in [0.15, 0.2) is 28.7 Å². The largest absolute Gasteiger partial charge is 0.444 e. The molecule has 0 spiro atoms. The standard InChI is InChI=1S/C21H30BrN3O4/c1-21(2,3)29-20(28)23-10-9-18(26)24-11-6-12-25(14-13-24)19(27)15-16-7-4-5-8-17(16)22/h4-5,7-8H,6,9-15H2,1-3H3,(H,23,28). The predicted octanol–water partition coefficient (Wildman–Crippen LogP) is 2.97. The number of hydrogen-bond acceptors (Lipinski definition) is 4. The Morgan fingerprint density at radius 1 is 1.03 bits per heavy atom. The number of nitrogens with one attached hydrogen (secondary N) is 1. The second-order valence-electron chi connectivity index (χ2n) is 8.06. The fourth-order valence-corrected chi connectivity index (χ4v) is 3.50. The second-order valence-corrected chi connectivity index (χ2v) is 8.92. The number of halogens is 1. The molecular formula is C21H30BrN3O4. The van der Waals surface area contributed by atoms with Crippen LogP contribution in [-0.2, 0) is 20.7 Å². The molecule has 0 atom stereocenters. The summed E-state index contributed by atoms with van der Waals surface area (Å²) in [6, 6.07) is 7.71. The van der Waals surface area contributed by atoms with E-state index in [0.717, 1.165) is 16.5 Å². The van der Waals surface area contributed by atoms with E-state index in [-0.39, 0.29) is 24.8 Å². The number of alkyl carbamates (subject to hydrolysis) is 1. The predicted molar refractivity (Wildman–Crippen MR) is 114 cm³/mol. The van der Waals surface area contributed by atoms with Crippen LogP contribution >= 0.6 is 15.9 Å². The second kappa shape index (κ2) is 10.6. The molecule has 1 aliphatic heterocycles. The first kappa shape index (κ1) is 23.2. The van der Waals surface area contributed by atoms with Gasteiger partial charge >= 0.3 is 6.09 Å². The summed E-state index contributed by atoms with van der Waals surface area (Å²) < 4.78 is 6.09. The minimum Gasteiger partial charge on any atom is -0.444 e. The van der Waals surface area contributed by atoms with Gasteiger partial charge in [-0.05, 0) is 38.8 Å². The molecule has 0 aliphatic carbocycles. The quantitative estimate of drug-likeness (QED) is 0.721. The van der Waals surface area contributed by atoms with E-state index in [4.69, 9.17) is 4.74 Å². The summed E-state index contributed by atoms with van der Waals surface area (Å²) in [5, 5.41) is 2.61. The SMILES string of the molecule is CC(C)(C)OC(=O)NCCC(=O)N1CCCN(C(=O)Cc2ccccc2Br)CC1. The van der Waals surface area contributed by atoms with Gasteiger partial charge in [-0.3, -0.25) is 9.59 Å². The van der Waals surface area contributed by atoms with Crippen LogP contribution in [0.5, 0.6) is 0 Å². The van der Waals surface area contributed by atoms with Gasteiger partial charge in [0.25, 0.3) is 0 Å². The number of nitrogens with zero attached hydrogens (tertiary/aromatic N) is 2. The molecule has 1 N–H and O–H groups in total. The molecule has 0 bridgehead atoms. The molecule has 3 amide bonds. The molecule has 1 saturated heterocycles. The van der Waals surface area contributed by atoms with Crippen molar-refractivity contribution in [3.8, 4) is 0 Å². The number of amides is 3. The zero-order valence-electron chi connectivity index (χ0n) is 17.4. The van der Waals surface area contributed by atoms with Crippen molar-refractivity contribution in [2.24, 2.45) is 0 Å². The van der Waals surface area contributed by atoms with Gasteiger partial charge in [-0.15, -0.1) is 0 Å². The third kappa shape index (κ3) is 8.04. The Hall–Kier alpha value is -2.09. The Balaban J connectivity index is 1.77. The number of ether oxygens (including phenoxy) is 1. The third-order valence-corrected chi connectivity index (χ3v) is 5.28. The van der Waals surface area contributed by atoms with E-state index >= 15 is 0 Å². The maximum atomic E-state index is 12.7. The first-order valence-electron chi connectivity index (χ1n) is 9.91. The van der Waals surface area contributed by atoms with Crippen molar-refractivity contribution < 1.29 is 19.1 Å². The van der Waals surface area contributed by atoms with E-state index in [9.17, 15) is 14.4 Å². The molecule has 7 nitrogen and oxygen atoms in total. The highest BCUT2D eigenvalue weighted by Crippen LogP contribution is 2.17. The van der Waals surface area contributed by atoms with Gasteiger partial charge < -0.3 is 19.9 Å². The molecule has 0 radical (unpaired) electrons. The lowest BCUT2D eigenvalue weighted by Gasteiger charge is -2.23. The van der Waals surface area contributed by atoms with Crippen LogP contribution in [0.4, 0.5) is 4.79 Å². The Morgan fingerprint density at radius 3 is 2.28 bits per heavy atom. The molecule has 1 aromatic carbocycles. The molecular weight excluding hydrogens is 438 g/mol. The Kier molecular flexibility index (Phi) is 8.49. The van der Waals surface area contributed by atoms with E-state index in [2.05, 4.69) is 21.2 Å². The molecule has 2 rings (SSSR count). The average Bonchev–Trinajstić information content (AvgIpc) is 2.88. The average molecular weight is 468 g/mol. The van der Waals surface area contributed by atoms with Gasteiger partial charge in [0.15, 0.2) is 0 Å². The van der Waals surface area contributed by atoms with E-state index in [1.807, 2.05) is 29.2 Å². The molecule has 1 fully saturated rings. The van der Waals surface area contributed by atoms with Gasteiger partial charge in [0.2, 0.25) is 11.8 Å². The number of carbonyl (C=O) groups excluding carboxylic acids is 3. The van der Waals surface area contributed by atoms with E-state index in [1.165, 1.54) is 0 Å². The van der Waals surface area contributed by atoms with Gasteiger partial charge in [-0.1, -0.05) is 34.1 Å². The van der Waals surface area contributed by atoms with Crippen LogP contribution in [-0.4, -0.2) is 66.0 Å². The van der Waals surface area contributed by atoms with Gasteiger partial charge in [-0.25, -0.2) is 4.79 Å². The third-order valence-electron chi connectivity index (χ3n) is 4.51. The fourth-order valence-electron chi connectivity index (χ4n) is 3.08. The summed E-state index contributed by atoms with van der Waals surface area (Å²) in [4.78, 5) is 40.4. The first-order valence-corrected chi connectivity index (χ1v) is 10.7. The van der Waals surface area contributed by atoms with Crippen LogP contribution in [0.2, 0.25) is 0 Å². The van der Waals surface area contributed by atoms with Gasteiger partial charge in [0, 0.05) is 43.6 Å². The van der Waals surface area contributed by atoms with Crippen LogP contribution in [0, 0.1) is 0 Å². The van der Waals surface area contributed by atoms with Crippen molar-refractivity contribution in [3.05, 3.63) is 34.3 Å². The molecule has 160 valence electrons. The van der Waals surface area contributed by atoms with E-state index in [0.29, 0.717) is 32.6 Å². The van der Waals surface area contributed by atoms with Crippen LogP contribution in [0.3, 0.4) is 0 Å². The van der Waals surface area contributed by atoms with Crippen molar-refractivity contribution in [1.82, 2.24) is 15.1 Å². The number of benzene rings is 1. The number of rotatable bonds is 5. The Bertz CT molecular complexity index is 733. The zero-order valence-corrected chi connectivity index (χ0v) is 19.0. The smallest absolute Gasteiger partial charge is 0.407 e. The van der Waals surface area contributed by atoms with Crippen LogP contribution in [0.1, 0.15) is 39.2 Å². The Morgan fingerprint density at radius 2 is 1.66 bits per heavy atom. The number of carbonyl (C=O) groups is 3. The Labute approximate surface area is 180 Å². The van der Waals surface area contributed by atoms with Crippen molar-refractivity contribution in [1.29, 1.82) is 0 Å². The summed E-state index contributed by atoms with van der Waals surface area (Å²) in [7, 11) is 0. The summed E-state index contributed by atoms with van der Waals surface area (Å²) in [6.45, 7) is 7.89. The van der Waals surface area contributed by atoms with Crippen molar-refractivity contribution in [2.45, 2.75) is 45.6 Å². The van der Waals surface area contributed by atoms with Crippen molar-refractivity contribution in [2.75, 3.05) is 32.7 Å². The fraction of sp³-hybridized carbons (Fsp3) is 0.571. The zero-order chi connectivity index (χ0) is 21.4. The lowest BCUT2D eigenvalue weighted by molar-refractivity contribution is -0.133. The van der Waals surface area contributed by atoms with Gasteiger partial charge in [0.05, 0.1) is 6.42 Å². The monoisotopic (exact) mass is 467 g/mol. The van der Waals surface area contributed by atoms with Crippen LogP contribution < -0.4 is 5.32 Å². The minimum atomic E-state index is -0.565. The summed E-state index contributed by atoms with van der Waals surface area (Å²) in [6.07, 6.45) is 0.775. The summed E-state index contributed by atoms with van der Waals surface area (Å²) in [5.74, 6) is 0.0407. The molecule has 29 heavy (non-hydrogen) atoms. The van der Waals surface area contributed by atoms with Crippen molar-refractivity contribution in [3.63, 3.8) is 0 Å². The molecule has 0 aromatic heterocycles. The lowest BCUT2D eigenvalue weighted by atomic mass is 10.1. The molecule has 1 heterocycles. The highest BCUT2D eigenvalue weighted by Gasteiger charge is 2.23. The molecule has 1 aromatic rings. The summed E-state index contributed by atoms with van der Waals surface area (Å²) in [5.41, 5.74) is 0.396. The topological polar surface area (TPSA) is 79.0 Å². The molecule has 8 heteroatoms. The maximum Gasteiger partial charge on any atom is 0.407 e. The maximum absolute atomic E-state index is 12.7. The normalized spacial score (nSPS) is 14.9. The van der Waals surface area contributed by atoms with E-state index in [1.54, 1.807) is 25.7 Å². The van der Waals surface area contributed by atoms with Crippen LogP contribution in [0.25, 0.3) is 0 Å². The first-order chi connectivity index (χ1) is 13.7. The van der Waals surface area contributed by atoms with Crippen molar-refractivity contribution >= 4 is 33.8 Å². The van der Waals surface area contributed by atoms with Gasteiger partial charge in [-0.2, -0.15) is 0 Å². The highest BCUT2D eigenvalue weighted by molar-refractivity contribution is 9.10. The van der Waals surface area contributed by atoms with Gasteiger partial charge in [0.1, 0.15) is 5.60 Å². The van der Waals surface area contributed by atoms with E-state index < -0.39 is 11.7 Å². The molecule has 0 unspecified atom stereocenters. The highest BCUT2D eigenvalue weighted by atomic mass is 79.9. The lowest BCUT2D eigenvalue weighted by Crippen LogP contribution is -2.39. The molecule has 0 saturated carbocycles. The minimum absolute atomic E-state index is 0.0267. The summed E-state index contributed by atoms with van der Waals surface area (Å²) >= 11 is 3.48. The molecule has 1 aliphatic rings.